The first-order chi connectivity index (χ1) is 14.5. The third-order valence-corrected chi connectivity index (χ3v) is 6.37. The molecular formula is C24H21F2N3O. The van der Waals surface area contributed by atoms with Crippen molar-refractivity contribution in [3.05, 3.63) is 83.0 Å². The van der Waals surface area contributed by atoms with Crippen LogP contribution in [0.25, 0.3) is 11.8 Å². The van der Waals surface area contributed by atoms with E-state index < -0.39 is 11.2 Å². The first-order valence-electron chi connectivity index (χ1n) is 10.2. The molecular weight excluding hydrogens is 384 g/mol. The van der Waals surface area contributed by atoms with Gasteiger partial charge in [0.1, 0.15) is 17.3 Å². The highest BCUT2D eigenvalue weighted by Crippen LogP contribution is 2.51. The van der Waals surface area contributed by atoms with Crippen molar-refractivity contribution in [3.8, 4) is 5.69 Å². The normalized spacial score (nSPS) is 22.8. The number of benzene rings is 1. The topological polar surface area (TPSA) is 47.8 Å². The quantitative estimate of drug-likeness (QED) is 0.565. The number of allylic oxidation sites excluding steroid dienone is 1. The minimum Gasteiger partial charge on any atom is -0.291 e. The lowest BCUT2D eigenvalue weighted by Gasteiger charge is -2.43. The van der Waals surface area contributed by atoms with E-state index in [0.717, 1.165) is 35.4 Å². The molecule has 152 valence electrons. The van der Waals surface area contributed by atoms with Crippen LogP contribution in [0.5, 0.6) is 0 Å². The number of hydrogen-bond acceptors (Lipinski definition) is 3. The summed E-state index contributed by atoms with van der Waals surface area (Å²) in [6.45, 7) is 2.16. The van der Waals surface area contributed by atoms with Gasteiger partial charge in [0, 0.05) is 12.3 Å². The summed E-state index contributed by atoms with van der Waals surface area (Å²) in [4.78, 5) is 17.8. The number of carbonyl (C=O) groups excluding carboxylic acids is 1. The lowest BCUT2D eigenvalue weighted by molar-refractivity contribution is 0.0761. The van der Waals surface area contributed by atoms with Crippen molar-refractivity contribution in [1.82, 2.24) is 14.8 Å². The maximum Gasteiger partial charge on any atom is 0.191 e. The van der Waals surface area contributed by atoms with E-state index >= 15 is 0 Å². The summed E-state index contributed by atoms with van der Waals surface area (Å²) in [5, 5.41) is 4.51. The molecule has 5 rings (SSSR count). The smallest absolute Gasteiger partial charge is 0.191 e. The second-order valence-electron chi connectivity index (χ2n) is 8.41. The molecule has 1 fully saturated rings. The predicted octanol–water partition coefficient (Wildman–Crippen LogP) is 5.17. The molecule has 2 aromatic heterocycles. The largest absolute Gasteiger partial charge is 0.291 e. The number of Topliss-reactive ketones (excluding diaryl/α,β-unsaturated/α-hetero) is 1. The van der Waals surface area contributed by atoms with Crippen LogP contribution in [0.1, 0.15) is 47.9 Å². The molecule has 1 saturated carbocycles. The van der Waals surface area contributed by atoms with Gasteiger partial charge in [-0.2, -0.15) is 5.10 Å². The third-order valence-electron chi connectivity index (χ3n) is 6.37. The highest BCUT2D eigenvalue weighted by atomic mass is 19.1. The van der Waals surface area contributed by atoms with Gasteiger partial charge in [0.05, 0.1) is 23.0 Å². The standard InChI is InChI=1S/C24H21F2N3O/c1-15-2-3-17-10-22-16(14-28-29(22)20-6-4-18(25)5-7-20)13-24(17,12-15)23(30)21-11-19(26)8-9-27-21/h4-11,14-15H,2-3,12-13H2,1H3/t15-,24+/m0/s1. The van der Waals surface area contributed by atoms with Gasteiger partial charge in [0.15, 0.2) is 5.78 Å². The van der Waals surface area contributed by atoms with E-state index in [1.807, 2.05) is 0 Å². The summed E-state index contributed by atoms with van der Waals surface area (Å²) in [5.74, 6) is -0.500. The Morgan fingerprint density at radius 1 is 1.17 bits per heavy atom. The van der Waals surface area contributed by atoms with E-state index in [1.165, 1.54) is 30.5 Å². The van der Waals surface area contributed by atoms with Crippen LogP contribution >= 0.6 is 0 Å². The average molecular weight is 405 g/mol. The minimum atomic E-state index is -0.720. The van der Waals surface area contributed by atoms with Crippen LogP contribution in [0.3, 0.4) is 0 Å². The van der Waals surface area contributed by atoms with Crippen molar-refractivity contribution in [2.24, 2.45) is 11.3 Å². The molecule has 0 aliphatic heterocycles. The number of nitrogens with zero attached hydrogens (tertiary/aromatic N) is 3. The Morgan fingerprint density at radius 2 is 1.97 bits per heavy atom. The molecule has 0 N–H and O–H groups in total. The Hall–Kier alpha value is -3.15. The molecule has 2 atom stereocenters. The fourth-order valence-electron chi connectivity index (χ4n) is 4.92. The average Bonchev–Trinajstić information content (AvgIpc) is 3.14. The van der Waals surface area contributed by atoms with Crippen molar-refractivity contribution in [2.75, 3.05) is 0 Å². The fourth-order valence-corrected chi connectivity index (χ4v) is 4.92. The summed E-state index contributed by atoms with van der Waals surface area (Å²) >= 11 is 0. The van der Waals surface area contributed by atoms with Crippen molar-refractivity contribution >= 4 is 11.9 Å². The van der Waals surface area contributed by atoms with Gasteiger partial charge in [-0.25, -0.2) is 13.5 Å². The minimum absolute atomic E-state index is 0.125. The molecule has 4 nitrogen and oxygen atoms in total. The number of carbonyl (C=O) groups is 1. The zero-order valence-corrected chi connectivity index (χ0v) is 16.6. The number of pyridine rings is 1. The van der Waals surface area contributed by atoms with Crippen molar-refractivity contribution in [2.45, 2.75) is 32.6 Å². The Labute approximate surface area is 173 Å². The van der Waals surface area contributed by atoms with Gasteiger partial charge >= 0.3 is 0 Å². The molecule has 0 amide bonds. The molecule has 0 spiro atoms. The van der Waals surface area contributed by atoms with Gasteiger partial charge in [-0.1, -0.05) is 12.5 Å². The van der Waals surface area contributed by atoms with E-state index in [9.17, 15) is 13.6 Å². The molecule has 30 heavy (non-hydrogen) atoms. The van der Waals surface area contributed by atoms with E-state index in [4.69, 9.17) is 0 Å². The summed E-state index contributed by atoms with van der Waals surface area (Å²) in [6, 6.07) is 8.67. The van der Waals surface area contributed by atoms with Gasteiger partial charge < -0.3 is 0 Å². The molecule has 2 heterocycles. The van der Waals surface area contributed by atoms with Crippen LogP contribution in [-0.2, 0) is 6.42 Å². The Bertz CT molecular complexity index is 1170. The van der Waals surface area contributed by atoms with Gasteiger partial charge in [-0.3, -0.25) is 9.78 Å². The zero-order valence-electron chi connectivity index (χ0n) is 16.6. The second kappa shape index (κ2) is 6.97. The van der Waals surface area contributed by atoms with Crippen LogP contribution in [0.15, 0.2) is 54.4 Å². The first-order valence-corrected chi connectivity index (χ1v) is 10.2. The molecule has 0 bridgehead atoms. The predicted molar refractivity (Wildman–Crippen MR) is 109 cm³/mol. The number of aromatic nitrogens is 3. The first kappa shape index (κ1) is 18.9. The summed E-state index contributed by atoms with van der Waals surface area (Å²) < 4.78 is 28.9. The summed E-state index contributed by atoms with van der Waals surface area (Å²) in [6.07, 6.45) is 8.19. The number of halogens is 2. The number of rotatable bonds is 3. The molecule has 1 aromatic carbocycles. The molecule has 0 saturated heterocycles. The highest BCUT2D eigenvalue weighted by Gasteiger charge is 2.48. The Balaban J connectivity index is 1.61. The van der Waals surface area contributed by atoms with Crippen LogP contribution in [0.2, 0.25) is 0 Å². The number of ketones is 1. The molecule has 0 unspecified atom stereocenters. The van der Waals surface area contributed by atoms with Gasteiger partial charge in [-0.05, 0) is 73.6 Å². The van der Waals surface area contributed by atoms with E-state index in [2.05, 4.69) is 23.1 Å². The van der Waals surface area contributed by atoms with Gasteiger partial charge in [-0.15, -0.1) is 0 Å². The van der Waals surface area contributed by atoms with Crippen molar-refractivity contribution < 1.29 is 13.6 Å². The maximum absolute atomic E-state index is 13.8. The monoisotopic (exact) mass is 405 g/mol. The SMILES string of the molecule is C[C@H]1CCC2=Cc3c(cnn3-c3ccc(F)cc3)C[C@]2(C(=O)c2cc(F)ccn2)C1. The Kier molecular flexibility index (Phi) is 4.38. The van der Waals surface area contributed by atoms with Crippen LogP contribution in [0.4, 0.5) is 8.78 Å². The highest BCUT2D eigenvalue weighted by molar-refractivity contribution is 6.02. The van der Waals surface area contributed by atoms with Crippen LogP contribution < -0.4 is 0 Å². The van der Waals surface area contributed by atoms with E-state index in [1.54, 1.807) is 23.0 Å². The van der Waals surface area contributed by atoms with Gasteiger partial charge in [0.25, 0.3) is 0 Å². The van der Waals surface area contributed by atoms with Crippen molar-refractivity contribution in [1.29, 1.82) is 0 Å². The van der Waals surface area contributed by atoms with E-state index in [-0.39, 0.29) is 17.3 Å². The van der Waals surface area contributed by atoms with E-state index in [0.29, 0.717) is 18.8 Å². The maximum atomic E-state index is 13.8. The summed E-state index contributed by atoms with van der Waals surface area (Å²) in [5.41, 5.74) is 3.15. The molecule has 6 heteroatoms. The Morgan fingerprint density at radius 3 is 2.73 bits per heavy atom. The second-order valence-corrected chi connectivity index (χ2v) is 8.41. The molecule has 2 aliphatic rings. The lowest BCUT2D eigenvalue weighted by Crippen LogP contribution is -2.42. The fraction of sp³-hybridized carbons (Fsp3) is 0.292. The van der Waals surface area contributed by atoms with Gasteiger partial charge in [0.2, 0.25) is 0 Å². The number of fused-ring (bicyclic) bond motifs is 2. The molecule has 0 radical (unpaired) electrons. The molecule has 2 aliphatic carbocycles. The van der Waals surface area contributed by atoms with Crippen molar-refractivity contribution in [3.63, 3.8) is 0 Å². The number of hydrogen-bond donors (Lipinski definition) is 0. The zero-order chi connectivity index (χ0) is 20.9. The lowest BCUT2D eigenvalue weighted by atomic mass is 9.59. The van der Waals surface area contributed by atoms with Crippen LogP contribution in [-0.4, -0.2) is 20.5 Å². The third kappa shape index (κ3) is 2.98. The molecule has 3 aromatic rings. The van der Waals surface area contributed by atoms with Crippen LogP contribution in [0, 0.1) is 23.0 Å². The summed E-state index contributed by atoms with van der Waals surface area (Å²) in [7, 11) is 0.